The Morgan fingerprint density at radius 3 is 2.94 bits per heavy atom. The van der Waals surface area contributed by atoms with Gasteiger partial charge in [0.1, 0.15) is 17.3 Å². The van der Waals surface area contributed by atoms with Crippen molar-refractivity contribution < 1.29 is 18.9 Å². The minimum absolute atomic E-state index is 0.0784. The topological polar surface area (TPSA) is 120 Å². The SMILES string of the molecule is COc1cc([N+](=O)[O-])ccc1-c1ccc(/C=N\NC(=O)CSc2nc3ccccc3s2)o1. The molecule has 0 aliphatic rings. The minimum atomic E-state index is -0.496. The lowest BCUT2D eigenvalue weighted by Gasteiger charge is -2.05. The Bertz CT molecular complexity index is 1280. The number of fused-ring (bicyclic) bond motifs is 1. The Morgan fingerprint density at radius 1 is 1.31 bits per heavy atom. The lowest BCUT2D eigenvalue weighted by molar-refractivity contribution is -0.384. The zero-order valence-corrected chi connectivity index (χ0v) is 18.3. The van der Waals surface area contributed by atoms with Gasteiger partial charge in [-0.25, -0.2) is 10.4 Å². The van der Waals surface area contributed by atoms with Crippen molar-refractivity contribution in [3.63, 3.8) is 0 Å². The molecule has 0 unspecified atom stereocenters. The van der Waals surface area contributed by atoms with Crippen molar-refractivity contribution >= 4 is 51.1 Å². The minimum Gasteiger partial charge on any atom is -0.496 e. The molecular weight excluding hydrogens is 452 g/mol. The molecule has 0 aliphatic heterocycles. The van der Waals surface area contributed by atoms with Gasteiger partial charge in [-0.2, -0.15) is 5.10 Å². The number of para-hydroxylation sites is 1. The van der Waals surface area contributed by atoms with Crippen molar-refractivity contribution in [2.45, 2.75) is 4.34 Å². The Morgan fingerprint density at radius 2 is 2.16 bits per heavy atom. The van der Waals surface area contributed by atoms with Crippen LogP contribution in [0.1, 0.15) is 5.76 Å². The van der Waals surface area contributed by atoms with Crippen LogP contribution in [0.5, 0.6) is 5.75 Å². The van der Waals surface area contributed by atoms with Gasteiger partial charge < -0.3 is 9.15 Å². The summed E-state index contributed by atoms with van der Waals surface area (Å²) in [5.41, 5.74) is 3.85. The molecule has 0 spiro atoms. The Balaban J connectivity index is 1.34. The Labute approximate surface area is 190 Å². The number of thioether (sulfide) groups is 1. The van der Waals surface area contributed by atoms with Gasteiger partial charge in [0.15, 0.2) is 4.34 Å². The van der Waals surface area contributed by atoms with Crippen LogP contribution < -0.4 is 10.2 Å². The smallest absolute Gasteiger partial charge is 0.273 e. The van der Waals surface area contributed by atoms with E-state index in [1.807, 2.05) is 24.3 Å². The third-order valence-electron chi connectivity index (χ3n) is 4.27. The Kier molecular flexibility index (Phi) is 6.47. The second kappa shape index (κ2) is 9.62. The van der Waals surface area contributed by atoms with Crippen LogP contribution in [0.2, 0.25) is 0 Å². The molecule has 0 aliphatic carbocycles. The number of aromatic nitrogens is 1. The number of hydrogen-bond donors (Lipinski definition) is 1. The standard InChI is InChI=1S/C21H16N4O5S2/c1-29-18-10-13(25(27)28)6-8-15(18)17-9-7-14(30-17)11-22-24-20(26)12-31-21-23-16-4-2-3-5-19(16)32-21/h2-11H,12H2,1H3,(H,24,26)/b22-11-. The number of carbonyl (C=O) groups excluding carboxylic acids is 1. The van der Waals surface area contributed by atoms with Gasteiger partial charge in [0.25, 0.3) is 11.6 Å². The van der Waals surface area contributed by atoms with Crippen molar-refractivity contribution in [2.75, 3.05) is 12.9 Å². The highest BCUT2D eigenvalue weighted by molar-refractivity contribution is 8.01. The number of benzene rings is 2. The first-order valence-electron chi connectivity index (χ1n) is 9.26. The van der Waals surface area contributed by atoms with Crippen LogP contribution in [0.4, 0.5) is 5.69 Å². The Hall–Kier alpha value is -3.70. The molecule has 2 aromatic heterocycles. The largest absolute Gasteiger partial charge is 0.496 e. The molecule has 0 saturated carbocycles. The highest BCUT2D eigenvalue weighted by Gasteiger charge is 2.15. The fraction of sp³-hybridized carbons (Fsp3) is 0.0952. The zero-order valence-electron chi connectivity index (χ0n) is 16.7. The summed E-state index contributed by atoms with van der Waals surface area (Å²) in [7, 11) is 1.43. The van der Waals surface area contributed by atoms with Crippen LogP contribution in [0.15, 0.2) is 68.5 Å². The first-order chi connectivity index (χ1) is 15.5. The second-order valence-corrected chi connectivity index (χ2v) is 8.63. The third kappa shape index (κ3) is 4.95. The van der Waals surface area contributed by atoms with E-state index in [-0.39, 0.29) is 17.3 Å². The van der Waals surface area contributed by atoms with Crippen LogP contribution in [-0.2, 0) is 4.79 Å². The van der Waals surface area contributed by atoms with Crippen LogP contribution >= 0.6 is 23.1 Å². The van der Waals surface area contributed by atoms with E-state index in [0.717, 1.165) is 14.6 Å². The molecule has 4 aromatic rings. The van der Waals surface area contributed by atoms with E-state index in [4.69, 9.17) is 9.15 Å². The highest BCUT2D eigenvalue weighted by Crippen LogP contribution is 2.34. The van der Waals surface area contributed by atoms with Gasteiger partial charge in [-0.15, -0.1) is 11.3 Å². The van der Waals surface area contributed by atoms with E-state index in [9.17, 15) is 14.9 Å². The first-order valence-corrected chi connectivity index (χ1v) is 11.1. The number of thiazole rings is 1. The fourth-order valence-electron chi connectivity index (χ4n) is 2.80. The van der Waals surface area contributed by atoms with Crippen molar-refractivity contribution in [1.82, 2.24) is 10.4 Å². The average molecular weight is 469 g/mol. The van der Waals surface area contributed by atoms with Gasteiger partial charge in [0.2, 0.25) is 0 Å². The quantitative estimate of drug-likeness (QED) is 0.172. The molecule has 0 saturated heterocycles. The number of furan rings is 1. The summed E-state index contributed by atoms with van der Waals surface area (Å²) in [5, 5.41) is 14.8. The molecule has 1 N–H and O–H groups in total. The van der Waals surface area contributed by atoms with Gasteiger partial charge >= 0.3 is 0 Å². The number of carbonyl (C=O) groups is 1. The van der Waals surface area contributed by atoms with E-state index in [1.165, 1.54) is 48.6 Å². The molecule has 0 fully saturated rings. The van der Waals surface area contributed by atoms with Gasteiger partial charge in [0.05, 0.1) is 45.8 Å². The predicted molar refractivity (Wildman–Crippen MR) is 123 cm³/mol. The summed E-state index contributed by atoms with van der Waals surface area (Å²) >= 11 is 2.88. The number of ether oxygens (including phenoxy) is 1. The number of rotatable bonds is 8. The average Bonchev–Trinajstić information content (AvgIpc) is 3.44. The maximum atomic E-state index is 12.0. The number of nitro groups is 1. The van der Waals surface area contributed by atoms with Crippen LogP contribution in [0, 0.1) is 10.1 Å². The van der Waals surface area contributed by atoms with Crippen LogP contribution in [-0.4, -0.2) is 34.9 Å². The van der Waals surface area contributed by atoms with E-state index in [0.29, 0.717) is 22.8 Å². The van der Waals surface area contributed by atoms with E-state index < -0.39 is 4.92 Å². The molecule has 0 bridgehead atoms. The zero-order chi connectivity index (χ0) is 22.5. The molecule has 0 radical (unpaired) electrons. The molecule has 4 rings (SSSR count). The van der Waals surface area contributed by atoms with Crippen LogP contribution in [0.25, 0.3) is 21.5 Å². The summed E-state index contributed by atoms with van der Waals surface area (Å²) in [6.07, 6.45) is 1.38. The lowest BCUT2D eigenvalue weighted by Crippen LogP contribution is -2.19. The van der Waals surface area contributed by atoms with Crippen molar-refractivity contribution in [3.8, 4) is 17.1 Å². The number of amides is 1. The third-order valence-corrected chi connectivity index (χ3v) is 6.45. The second-order valence-electron chi connectivity index (χ2n) is 6.37. The molecule has 1 amide bonds. The molecule has 32 heavy (non-hydrogen) atoms. The molecule has 2 heterocycles. The number of nitrogens with one attached hydrogen (secondary N) is 1. The lowest BCUT2D eigenvalue weighted by atomic mass is 10.1. The summed E-state index contributed by atoms with van der Waals surface area (Å²) in [4.78, 5) is 27.0. The van der Waals surface area contributed by atoms with Crippen molar-refractivity contribution in [1.29, 1.82) is 0 Å². The summed E-state index contributed by atoms with van der Waals surface area (Å²) in [5.74, 6) is 1.09. The first kappa shape index (κ1) is 21.5. The predicted octanol–water partition coefficient (Wildman–Crippen LogP) is 4.72. The fourth-order valence-corrected chi connectivity index (χ4v) is 4.67. The van der Waals surface area contributed by atoms with E-state index in [2.05, 4.69) is 15.5 Å². The molecule has 2 aromatic carbocycles. The summed E-state index contributed by atoms with van der Waals surface area (Å²) in [6.45, 7) is 0. The van der Waals surface area contributed by atoms with Gasteiger partial charge in [-0.1, -0.05) is 23.9 Å². The normalized spacial score (nSPS) is 11.2. The number of nitro benzene ring substituents is 1. The number of hydrogen-bond acceptors (Lipinski definition) is 9. The maximum absolute atomic E-state index is 12.0. The van der Waals surface area contributed by atoms with E-state index in [1.54, 1.807) is 18.2 Å². The van der Waals surface area contributed by atoms with Crippen molar-refractivity contribution in [3.05, 3.63) is 70.5 Å². The molecule has 11 heteroatoms. The molecule has 0 atom stereocenters. The number of methoxy groups -OCH3 is 1. The molecular formula is C21H16N4O5S2. The monoisotopic (exact) mass is 468 g/mol. The molecule has 162 valence electrons. The molecule has 9 nitrogen and oxygen atoms in total. The summed E-state index contributed by atoms with van der Waals surface area (Å²) < 4.78 is 12.8. The maximum Gasteiger partial charge on any atom is 0.273 e. The van der Waals surface area contributed by atoms with Crippen molar-refractivity contribution in [2.24, 2.45) is 5.10 Å². The van der Waals surface area contributed by atoms with Gasteiger partial charge in [0, 0.05) is 6.07 Å². The van der Waals surface area contributed by atoms with E-state index >= 15 is 0 Å². The number of non-ortho nitro benzene ring substituents is 1. The number of hydrazone groups is 1. The number of nitrogens with zero attached hydrogens (tertiary/aromatic N) is 3. The summed E-state index contributed by atoms with van der Waals surface area (Å²) in [6, 6.07) is 15.4. The van der Waals surface area contributed by atoms with Gasteiger partial charge in [-0.05, 0) is 30.3 Å². The van der Waals surface area contributed by atoms with Crippen LogP contribution in [0.3, 0.4) is 0 Å². The van der Waals surface area contributed by atoms with Gasteiger partial charge in [-0.3, -0.25) is 14.9 Å². The highest BCUT2D eigenvalue weighted by atomic mass is 32.2.